The molecule has 1 amide bonds. The maximum atomic E-state index is 11.4. The average Bonchev–Trinajstić information content (AvgIpc) is 2.85. The molecule has 0 spiro atoms. The number of rotatable bonds is 7. The van der Waals surface area contributed by atoms with Gasteiger partial charge in [0.25, 0.3) is 0 Å². The second-order valence-corrected chi connectivity index (χ2v) is 5.03. The van der Waals surface area contributed by atoms with Crippen molar-refractivity contribution in [1.82, 2.24) is 15.6 Å². The van der Waals surface area contributed by atoms with Gasteiger partial charge in [0.05, 0.1) is 25.1 Å². The summed E-state index contributed by atoms with van der Waals surface area (Å²) in [5.74, 6) is -0.0932. The molecule has 18 heavy (non-hydrogen) atoms. The van der Waals surface area contributed by atoms with Gasteiger partial charge in [-0.05, 0) is 13.3 Å². The van der Waals surface area contributed by atoms with Crippen LogP contribution in [0.5, 0.6) is 0 Å². The number of thiazole rings is 1. The predicted octanol–water partition coefficient (Wildman–Crippen LogP) is 1.39. The van der Waals surface area contributed by atoms with Crippen LogP contribution in [0.1, 0.15) is 36.2 Å². The van der Waals surface area contributed by atoms with E-state index in [2.05, 4.69) is 22.5 Å². The van der Waals surface area contributed by atoms with Crippen molar-refractivity contribution in [3.63, 3.8) is 0 Å². The molecule has 0 fully saturated rings. The van der Waals surface area contributed by atoms with E-state index < -0.39 is 0 Å². The fourth-order valence-electron chi connectivity index (χ4n) is 1.34. The largest absolute Gasteiger partial charge is 0.354 e. The Labute approximate surface area is 111 Å². The van der Waals surface area contributed by atoms with Crippen LogP contribution in [-0.2, 0) is 11.2 Å². The van der Waals surface area contributed by atoms with E-state index in [4.69, 9.17) is 5.26 Å². The molecule has 0 saturated heterocycles. The molecule has 0 aliphatic heterocycles. The van der Waals surface area contributed by atoms with Gasteiger partial charge in [-0.15, -0.1) is 11.3 Å². The van der Waals surface area contributed by atoms with Crippen molar-refractivity contribution in [3.8, 4) is 6.07 Å². The maximum absolute atomic E-state index is 11.4. The van der Waals surface area contributed by atoms with Gasteiger partial charge in [0.1, 0.15) is 5.01 Å². The average molecular weight is 266 g/mol. The topological polar surface area (TPSA) is 77.8 Å². The summed E-state index contributed by atoms with van der Waals surface area (Å²) < 4.78 is 0. The molecule has 0 aliphatic carbocycles. The summed E-state index contributed by atoms with van der Waals surface area (Å²) in [5.41, 5.74) is 0. The van der Waals surface area contributed by atoms with Gasteiger partial charge in [-0.2, -0.15) is 5.26 Å². The molecule has 0 bridgehead atoms. The Hall–Kier alpha value is -1.45. The van der Waals surface area contributed by atoms with Crippen molar-refractivity contribution in [3.05, 3.63) is 16.1 Å². The fraction of sp³-hybridized carbons (Fsp3) is 0.583. The van der Waals surface area contributed by atoms with Crippen LogP contribution in [0.2, 0.25) is 0 Å². The van der Waals surface area contributed by atoms with Gasteiger partial charge in [0.15, 0.2) is 0 Å². The van der Waals surface area contributed by atoms with E-state index in [0.29, 0.717) is 13.0 Å². The minimum absolute atomic E-state index is 0.0667. The molecule has 0 radical (unpaired) electrons. The van der Waals surface area contributed by atoms with Gasteiger partial charge in [-0.25, -0.2) is 4.98 Å². The molecule has 1 aromatic heterocycles. The monoisotopic (exact) mass is 266 g/mol. The molecule has 5 nitrogen and oxygen atoms in total. The Morgan fingerprint density at radius 1 is 1.67 bits per heavy atom. The van der Waals surface area contributed by atoms with E-state index in [1.54, 1.807) is 11.3 Å². The first kappa shape index (κ1) is 14.6. The second kappa shape index (κ2) is 7.80. The molecule has 1 unspecified atom stereocenters. The Bertz CT molecular complexity index is 424. The smallest absolute Gasteiger partial charge is 0.234 e. The number of nitriles is 1. The predicted molar refractivity (Wildman–Crippen MR) is 71.1 cm³/mol. The van der Waals surface area contributed by atoms with Crippen molar-refractivity contribution < 1.29 is 4.79 Å². The zero-order chi connectivity index (χ0) is 13.4. The number of aryl methyl sites for hydroxylation is 1. The van der Waals surface area contributed by atoms with Crippen molar-refractivity contribution in [2.75, 3.05) is 13.1 Å². The van der Waals surface area contributed by atoms with E-state index in [0.717, 1.165) is 11.4 Å². The number of hydrogen-bond donors (Lipinski definition) is 2. The molecule has 98 valence electrons. The summed E-state index contributed by atoms with van der Waals surface area (Å²) >= 11 is 1.67. The molecule has 0 aromatic carbocycles. The maximum Gasteiger partial charge on any atom is 0.234 e. The highest BCUT2D eigenvalue weighted by atomic mass is 32.1. The fourth-order valence-corrected chi connectivity index (χ4v) is 2.22. The zero-order valence-corrected chi connectivity index (χ0v) is 11.5. The third-order valence-corrected chi connectivity index (χ3v) is 3.74. The number of carbonyl (C=O) groups is 1. The summed E-state index contributed by atoms with van der Waals surface area (Å²) in [7, 11) is 0. The Morgan fingerprint density at radius 3 is 3.06 bits per heavy atom. The number of nitrogens with zero attached hydrogens (tertiary/aromatic N) is 2. The van der Waals surface area contributed by atoms with Crippen LogP contribution in [0.25, 0.3) is 0 Å². The van der Waals surface area contributed by atoms with Gasteiger partial charge in [-0.3, -0.25) is 10.1 Å². The third kappa shape index (κ3) is 4.82. The van der Waals surface area contributed by atoms with Gasteiger partial charge in [-0.1, -0.05) is 6.92 Å². The molecule has 6 heteroatoms. The first-order valence-corrected chi connectivity index (χ1v) is 6.80. The quantitative estimate of drug-likeness (QED) is 0.731. The minimum atomic E-state index is -0.0932. The Morgan fingerprint density at radius 2 is 2.44 bits per heavy atom. The highest BCUT2D eigenvalue weighted by Crippen LogP contribution is 2.19. The Balaban J connectivity index is 2.30. The lowest BCUT2D eigenvalue weighted by atomic mass is 10.3. The normalized spacial score (nSPS) is 11.8. The summed E-state index contributed by atoms with van der Waals surface area (Å²) in [4.78, 5) is 17.0. The molecule has 0 saturated carbocycles. The van der Waals surface area contributed by atoms with Crippen LogP contribution in [0.3, 0.4) is 0 Å². The standard InChI is InChI=1S/C12H18N4OS/c1-3-10-7-16-12(18-10)9(2)15-8-11(17)14-6-4-5-13/h7,9,15H,3-4,6,8H2,1-2H3,(H,14,17). The van der Waals surface area contributed by atoms with Crippen molar-refractivity contribution >= 4 is 17.2 Å². The molecule has 1 atom stereocenters. The SMILES string of the molecule is CCc1cnc(C(C)NCC(=O)NCCC#N)s1. The summed E-state index contributed by atoms with van der Waals surface area (Å²) in [6.45, 7) is 4.73. The third-order valence-electron chi connectivity index (χ3n) is 2.42. The number of carbonyl (C=O) groups excluding carboxylic acids is 1. The van der Waals surface area contributed by atoms with Crippen molar-refractivity contribution in [1.29, 1.82) is 5.26 Å². The molecule has 1 rings (SSSR count). The molecule has 0 aliphatic rings. The number of amides is 1. The van der Waals surface area contributed by atoms with Crippen LogP contribution in [0.15, 0.2) is 6.20 Å². The highest BCUT2D eigenvalue weighted by molar-refractivity contribution is 7.11. The van der Waals surface area contributed by atoms with E-state index in [1.165, 1.54) is 4.88 Å². The zero-order valence-electron chi connectivity index (χ0n) is 10.7. The number of aromatic nitrogens is 1. The highest BCUT2D eigenvalue weighted by Gasteiger charge is 2.11. The molecule has 1 heterocycles. The van der Waals surface area contributed by atoms with E-state index in [9.17, 15) is 4.79 Å². The van der Waals surface area contributed by atoms with Crippen molar-refractivity contribution in [2.45, 2.75) is 32.7 Å². The molecule has 2 N–H and O–H groups in total. The lowest BCUT2D eigenvalue weighted by Crippen LogP contribution is -2.35. The lowest BCUT2D eigenvalue weighted by molar-refractivity contribution is -0.120. The number of nitrogens with one attached hydrogen (secondary N) is 2. The lowest BCUT2D eigenvalue weighted by Gasteiger charge is -2.10. The van der Waals surface area contributed by atoms with Crippen LogP contribution < -0.4 is 10.6 Å². The van der Waals surface area contributed by atoms with Gasteiger partial charge in [0, 0.05) is 17.6 Å². The second-order valence-electron chi connectivity index (χ2n) is 3.88. The summed E-state index contributed by atoms with van der Waals surface area (Å²) in [6, 6.07) is 2.05. The molecule has 1 aromatic rings. The minimum Gasteiger partial charge on any atom is -0.354 e. The van der Waals surface area contributed by atoms with Gasteiger partial charge >= 0.3 is 0 Å². The van der Waals surface area contributed by atoms with E-state index >= 15 is 0 Å². The number of hydrogen-bond acceptors (Lipinski definition) is 5. The van der Waals surface area contributed by atoms with Crippen LogP contribution in [-0.4, -0.2) is 24.0 Å². The van der Waals surface area contributed by atoms with Gasteiger partial charge < -0.3 is 5.32 Å². The van der Waals surface area contributed by atoms with E-state index in [1.807, 2.05) is 19.2 Å². The summed E-state index contributed by atoms with van der Waals surface area (Å²) in [5, 5.41) is 15.1. The van der Waals surface area contributed by atoms with Crippen LogP contribution >= 0.6 is 11.3 Å². The molecular formula is C12H18N4OS. The van der Waals surface area contributed by atoms with Crippen molar-refractivity contribution in [2.24, 2.45) is 0 Å². The Kier molecular flexibility index (Phi) is 6.33. The van der Waals surface area contributed by atoms with Crippen LogP contribution in [0.4, 0.5) is 0 Å². The first-order valence-electron chi connectivity index (χ1n) is 5.99. The van der Waals surface area contributed by atoms with E-state index in [-0.39, 0.29) is 18.5 Å². The first-order chi connectivity index (χ1) is 8.67. The summed E-state index contributed by atoms with van der Waals surface area (Å²) in [6.07, 6.45) is 3.21. The van der Waals surface area contributed by atoms with Gasteiger partial charge in [0.2, 0.25) is 5.91 Å². The molecular weight excluding hydrogens is 248 g/mol. The van der Waals surface area contributed by atoms with Crippen LogP contribution in [0, 0.1) is 11.3 Å².